The van der Waals surface area contributed by atoms with Gasteiger partial charge < -0.3 is 15.0 Å². The summed E-state index contributed by atoms with van der Waals surface area (Å²) in [5, 5.41) is 3.57. The van der Waals surface area contributed by atoms with E-state index < -0.39 is 16.1 Å². The highest BCUT2D eigenvalue weighted by atomic mass is 35.5. The first-order chi connectivity index (χ1) is 16.8. The van der Waals surface area contributed by atoms with E-state index in [1.165, 1.54) is 16.3 Å². The van der Waals surface area contributed by atoms with Gasteiger partial charge in [0.15, 0.2) is 0 Å². The van der Waals surface area contributed by atoms with Crippen LogP contribution < -0.4 is 14.4 Å². The molecule has 0 radical (unpaired) electrons. The summed E-state index contributed by atoms with van der Waals surface area (Å²) >= 11 is 12.2. The van der Waals surface area contributed by atoms with Crippen LogP contribution in [0, 0.1) is 0 Å². The number of rotatable bonds is 12. The van der Waals surface area contributed by atoms with Crippen LogP contribution in [0.2, 0.25) is 10.0 Å². The summed E-state index contributed by atoms with van der Waals surface area (Å²) in [7, 11) is -2.05. The van der Waals surface area contributed by atoms with E-state index in [1.54, 1.807) is 49.4 Å². The number of hydrogen-bond donors (Lipinski definition) is 1. The number of methoxy groups -OCH3 is 1. The van der Waals surface area contributed by atoms with Crippen LogP contribution in [0.3, 0.4) is 0 Å². The number of carbonyl (C=O) groups excluding carboxylic acids is 2. The van der Waals surface area contributed by atoms with Gasteiger partial charge in [-0.2, -0.15) is 0 Å². The Morgan fingerprint density at radius 2 is 1.67 bits per heavy atom. The third-order valence-electron chi connectivity index (χ3n) is 5.45. The zero-order chi connectivity index (χ0) is 27.0. The summed E-state index contributed by atoms with van der Waals surface area (Å²) in [5.41, 5.74) is 1.20. The highest BCUT2D eigenvalue weighted by Crippen LogP contribution is 2.25. The van der Waals surface area contributed by atoms with Gasteiger partial charge in [-0.3, -0.25) is 13.9 Å². The Labute approximate surface area is 223 Å². The summed E-state index contributed by atoms with van der Waals surface area (Å²) in [6.45, 7) is 5.59. The molecule has 2 rings (SSSR count). The average Bonchev–Trinajstić information content (AvgIpc) is 2.80. The topological polar surface area (TPSA) is 96.0 Å². The Hall–Kier alpha value is -2.49. The molecule has 1 unspecified atom stereocenters. The molecule has 2 amide bonds. The Kier molecular flexibility index (Phi) is 10.9. The fraction of sp³-hybridized carbons (Fsp3) is 0.440. The number of carbonyl (C=O) groups is 2. The van der Waals surface area contributed by atoms with Crippen molar-refractivity contribution >= 4 is 50.7 Å². The van der Waals surface area contributed by atoms with Gasteiger partial charge in [-0.05, 0) is 69.2 Å². The molecule has 0 heterocycles. The molecule has 0 aliphatic carbocycles. The summed E-state index contributed by atoms with van der Waals surface area (Å²) in [6, 6.07) is 10.9. The van der Waals surface area contributed by atoms with Crippen molar-refractivity contribution in [2.24, 2.45) is 0 Å². The van der Waals surface area contributed by atoms with E-state index in [-0.39, 0.29) is 43.8 Å². The molecular formula is C25H33Cl2N3O5S. The number of sulfonamides is 1. The van der Waals surface area contributed by atoms with Gasteiger partial charge in [-0.1, -0.05) is 29.3 Å². The molecule has 0 aromatic heterocycles. The molecule has 198 valence electrons. The third-order valence-corrected chi connectivity index (χ3v) is 7.38. The maximum atomic E-state index is 13.3. The lowest BCUT2D eigenvalue weighted by Crippen LogP contribution is -2.49. The molecular weight excluding hydrogens is 525 g/mol. The minimum absolute atomic E-state index is 0.0444. The number of benzene rings is 2. The lowest BCUT2D eigenvalue weighted by molar-refractivity contribution is -0.140. The van der Waals surface area contributed by atoms with Gasteiger partial charge >= 0.3 is 0 Å². The van der Waals surface area contributed by atoms with Crippen molar-refractivity contribution in [3.8, 4) is 5.75 Å². The number of anilines is 1. The SMILES string of the molecule is COc1ccc(N(CCCC(=O)N(Cc2ccc(Cl)c(Cl)c2)C(C)C(=O)NC(C)C)S(C)(=O)=O)cc1. The van der Waals surface area contributed by atoms with Crippen molar-refractivity contribution in [3.63, 3.8) is 0 Å². The first-order valence-electron chi connectivity index (χ1n) is 11.5. The van der Waals surface area contributed by atoms with Crippen LogP contribution in [-0.2, 0) is 26.2 Å². The number of nitrogens with zero attached hydrogens (tertiary/aromatic N) is 2. The van der Waals surface area contributed by atoms with E-state index in [2.05, 4.69) is 5.32 Å². The van der Waals surface area contributed by atoms with Gasteiger partial charge in [-0.15, -0.1) is 0 Å². The molecule has 8 nitrogen and oxygen atoms in total. The molecule has 0 saturated carbocycles. The van der Waals surface area contributed by atoms with E-state index >= 15 is 0 Å². The zero-order valence-corrected chi connectivity index (χ0v) is 23.5. The predicted octanol–water partition coefficient (Wildman–Crippen LogP) is 4.49. The molecule has 1 N–H and O–H groups in total. The van der Waals surface area contributed by atoms with Crippen molar-refractivity contribution < 1.29 is 22.7 Å². The number of nitrogens with one attached hydrogen (secondary N) is 1. The number of ether oxygens (including phenoxy) is 1. The standard InChI is InChI=1S/C25H33Cl2N3O5S/c1-17(2)28-25(32)18(3)29(16-19-8-13-22(26)23(27)15-19)24(31)7-6-14-30(36(5,33)34)20-9-11-21(35-4)12-10-20/h8-13,15,17-18H,6-7,14,16H2,1-5H3,(H,28,32). The van der Waals surface area contributed by atoms with Crippen molar-refractivity contribution in [1.82, 2.24) is 10.2 Å². The second kappa shape index (κ2) is 13.2. The number of hydrogen-bond acceptors (Lipinski definition) is 5. The van der Waals surface area contributed by atoms with Crippen molar-refractivity contribution in [2.45, 2.75) is 52.2 Å². The Morgan fingerprint density at radius 3 is 2.19 bits per heavy atom. The van der Waals surface area contributed by atoms with Crippen molar-refractivity contribution in [2.75, 3.05) is 24.2 Å². The third kappa shape index (κ3) is 8.57. The predicted molar refractivity (Wildman–Crippen MR) is 144 cm³/mol. The van der Waals surface area contributed by atoms with Gasteiger partial charge in [0, 0.05) is 25.6 Å². The van der Waals surface area contributed by atoms with E-state index in [4.69, 9.17) is 27.9 Å². The normalized spacial score (nSPS) is 12.2. The second-order valence-electron chi connectivity index (χ2n) is 8.75. The molecule has 0 saturated heterocycles. The van der Waals surface area contributed by atoms with Gasteiger partial charge in [0.05, 0.1) is 29.1 Å². The molecule has 36 heavy (non-hydrogen) atoms. The molecule has 0 bridgehead atoms. The minimum atomic E-state index is -3.58. The quantitative estimate of drug-likeness (QED) is 0.414. The summed E-state index contributed by atoms with van der Waals surface area (Å²) in [4.78, 5) is 27.5. The van der Waals surface area contributed by atoms with E-state index in [1.807, 2.05) is 13.8 Å². The minimum Gasteiger partial charge on any atom is -0.497 e. The Morgan fingerprint density at radius 1 is 1.03 bits per heavy atom. The first-order valence-corrected chi connectivity index (χ1v) is 14.1. The van der Waals surface area contributed by atoms with Gasteiger partial charge in [0.1, 0.15) is 11.8 Å². The molecule has 2 aromatic rings. The molecule has 1 atom stereocenters. The summed E-state index contributed by atoms with van der Waals surface area (Å²) < 4.78 is 31.2. The van der Waals surface area contributed by atoms with E-state index in [9.17, 15) is 18.0 Å². The van der Waals surface area contributed by atoms with Crippen LogP contribution >= 0.6 is 23.2 Å². The molecule has 0 spiro atoms. The monoisotopic (exact) mass is 557 g/mol. The summed E-state index contributed by atoms with van der Waals surface area (Å²) in [5.74, 6) is 0.0408. The Bertz CT molecular complexity index is 1160. The lowest BCUT2D eigenvalue weighted by atomic mass is 10.1. The molecule has 0 fully saturated rings. The Balaban J connectivity index is 2.19. The maximum absolute atomic E-state index is 13.3. The highest BCUT2D eigenvalue weighted by Gasteiger charge is 2.27. The number of halogens is 2. The highest BCUT2D eigenvalue weighted by molar-refractivity contribution is 7.92. The maximum Gasteiger partial charge on any atom is 0.242 e. The van der Waals surface area contributed by atoms with Crippen LogP contribution in [0.15, 0.2) is 42.5 Å². The van der Waals surface area contributed by atoms with Crippen LogP contribution in [0.1, 0.15) is 39.2 Å². The smallest absolute Gasteiger partial charge is 0.242 e. The molecule has 11 heteroatoms. The zero-order valence-electron chi connectivity index (χ0n) is 21.1. The summed E-state index contributed by atoms with van der Waals surface area (Å²) in [6.07, 6.45) is 1.42. The number of amides is 2. The van der Waals surface area contributed by atoms with Gasteiger partial charge in [-0.25, -0.2) is 8.42 Å². The fourth-order valence-electron chi connectivity index (χ4n) is 3.57. The van der Waals surface area contributed by atoms with Crippen molar-refractivity contribution in [3.05, 3.63) is 58.1 Å². The lowest BCUT2D eigenvalue weighted by Gasteiger charge is -2.30. The molecule has 2 aromatic carbocycles. The molecule has 0 aliphatic rings. The van der Waals surface area contributed by atoms with Crippen molar-refractivity contribution in [1.29, 1.82) is 0 Å². The fourth-order valence-corrected chi connectivity index (χ4v) is 4.86. The van der Waals surface area contributed by atoms with Crippen LogP contribution in [-0.4, -0.2) is 57.1 Å². The van der Waals surface area contributed by atoms with Crippen LogP contribution in [0.4, 0.5) is 5.69 Å². The van der Waals surface area contributed by atoms with Gasteiger partial charge in [0.25, 0.3) is 0 Å². The first kappa shape index (κ1) is 29.7. The second-order valence-corrected chi connectivity index (χ2v) is 11.5. The molecule has 0 aliphatic heterocycles. The van der Waals surface area contributed by atoms with Gasteiger partial charge in [0.2, 0.25) is 21.8 Å². The van der Waals surface area contributed by atoms with E-state index in [0.29, 0.717) is 21.5 Å². The van der Waals surface area contributed by atoms with Crippen LogP contribution in [0.5, 0.6) is 5.75 Å². The largest absolute Gasteiger partial charge is 0.497 e. The van der Waals surface area contributed by atoms with E-state index in [0.717, 1.165) is 11.8 Å². The van der Waals surface area contributed by atoms with Crippen LogP contribution in [0.25, 0.3) is 0 Å². The average molecular weight is 559 g/mol.